The second-order valence-corrected chi connectivity index (χ2v) is 4.81. The average molecular weight is 116 g/mol. The van der Waals surface area contributed by atoms with Crippen molar-refractivity contribution in [1.29, 1.82) is 0 Å². The maximum Gasteiger partial charge on any atom is 0.0172 e. The second kappa shape index (κ2) is 2.51. The van der Waals surface area contributed by atoms with Gasteiger partial charge in [-0.05, 0) is 5.41 Å². The van der Waals surface area contributed by atoms with E-state index >= 15 is 0 Å². The van der Waals surface area contributed by atoms with Crippen LogP contribution in [0.3, 0.4) is 0 Å². The molecule has 0 aliphatic carbocycles. The van der Waals surface area contributed by atoms with E-state index in [9.17, 15) is 0 Å². The van der Waals surface area contributed by atoms with Gasteiger partial charge in [0.15, 0.2) is 0 Å². The van der Waals surface area contributed by atoms with Crippen LogP contribution in [0.25, 0.3) is 0 Å². The van der Waals surface area contributed by atoms with Crippen LogP contribution in [0, 0.1) is 5.41 Å². The molecule has 7 heavy (non-hydrogen) atoms. The van der Waals surface area contributed by atoms with E-state index in [1.807, 2.05) is 0 Å². The lowest BCUT2D eigenvalue weighted by atomic mass is 10.0. The molecule has 0 N–H and O–H groups in total. The van der Waals surface area contributed by atoms with E-state index in [4.69, 9.17) is 0 Å². The zero-order chi connectivity index (χ0) is 5.91. The maximum atomic E-state index is 2.37. The summed E-state index contributed by atoms with van der Waals surface area (Å²) in [7, 11) is 0.310. The summed E-state index contributed by atoms with van der Waals surface area (Å²) in [6, 6.07) is 1.48. The Labute approximate surface area is 49.1 Å². The normalized spacial score (nSPS) is 13.7. The van der Waals surface area contributed by atoms with Crippen LogP contribution in [-0.2, 0) is 0 Å². The molecule has 0 radical (unpaired) electrons. The molecular weight excluding hydrogens is 100 g/mol. The minimum Gasteiger partial charge on any atom is -0.0748 e. The van der Waals surface area contributed by atoms with Gasteiger partial charge in [0.1, 0.15) is 0 Å². The highest BCUT2D eigenvalue weighted by molar-refractivity contribution is 6.33. The van der Waals surface area contributed by atoms with Crippen LogP contribution in [0.2, 0.25) is 12.6 Å². The van der Waals surface area contributed by atoms with E-state index in [0.717, 1.165) is 0 Å². The van der Waals surface area contributed by atoms with Crippen LogP contribution >= 0.6 is 0 Å². The largest absolute Gasteiger partial charge is 0.0748 e. The fourth-order valence-electron chi connectivity index (χ4n) is 0.750. The summed E-state index contributed by atoms with van der Waals surface area (Å²) in [5.74, 6) is 0. The van der Waals surface area contributed by atoms with E-state index in [0.29, 0.717) is 14.9 Å². The Morgan fingerprint density at radius 2 is 1.71 bits per heavy atom. The van der Waals surface area contributed by atoms with Crippen molar-refractivity contribution in [2.75, 3.05) is 0 Å². The van der Waals surface area contributed by atoms with Gasteiger partial charge in [-0.3, -0.25) is 0 Å². The van der Waals surface area contributed by atoms with Crippen molar-refractivity contribution in [2.24, 2.45) is 5.41 Å². The average Bonchev–Trinajstić information content (AvgIpc) is 1.30. The van der Waals surface area contributed by atoms with Crippen molar-refractivity contribution in [3.63, 3.8) is 0 Å². The van der Waals surface area contributed by atoms with Gasteiger partial charge >= 0.3 is 0 Å². The molecule has 1 heteroatoms. The molecule has 0 nitrogen and oxygen atoms in total. The first kappa shape index (κ1) is 7.22. The van der Waals surface area contributed by atoms with Gasteiger partial charge in [-0.25, -0.2) is 0 Å². The van der Waals surface area contributed by atoms with Gasteiger partial charge < -0.3 is 0 Å². The van der Waals surface area contributed by atoms with Crippen LogP contribution in [0.1, 0.15) is 20.8 Å². The number of rotatable bonds is 1. The van der Waals surface area contributed by atoms with Crippen molar-refractivity contribution >= 4 is 9.52 Å². The Balaban J connectivity index is 3.15. The van der Waals surface area contributed by atoms with E-state index < -0.39 is 0 Å². The summed E-state index contributed by atoms with van der Waals surface area (Å²) in [5, 5.41) is 0. The van der Waals surface area contributed by atoms with E-state index in [-0.39, 0.29) is 0 Å². The van der Waals surface area contributed by atoms with Crippen LogP contribution in [0.5, 0.6) is 0 Å². The van der Waals surface area contributed by atoms with Gasteiger partial charge in [0.25, 0.3) is 0 Å². The first-order valence-electron chi connectivity index (χ1n) is 3.06. The third-order valence-electron chi connectivity index (χ3n) is 1.000. The third-order valence-corrected chi connectivity index (χ3v) is 3.00. The van der Waals surface area contributed by atoms with Gasteiger partial charge in [0, 0.05) is 9.52 Å². The van der Waals surface area contributed by atoms with Crippen molar-refractivity contribution in [1.82, 2.24) is 0 Å². The minimum atomic E-state index is 0.310. The molecular formula is C6H16Si. The topological polar surface area (TPSA) is 0 Å². The molecule has 0 saturated heterocycles. The third kappa shape index (κ3) is 6.22. The Morgan fingerprint density at radius 1 is 1.29 bits per heavy atom. The molecule has 0 aromatic rings. The quantitative estimate of drug-likeness (QED) is 0.457. The monoisotopic (exact) mass is 116 g/mol. The highest BCUT2D eigenvalue weighted by Gasteiger charge is 2.06. The Bertz CT molecular complexity index is 42.6. The summed E-state index contributed by atoms with van der Waals surface area (Å²) in [6.45, 7) is 9.29. The Hall–Kier alpha value is 0.217. The SMILES string of the molecule is C[SiH2]CC(C)(C)C. The molecule has 0 bridgehead atoms. The molecule has 44 valence electrons. The molecule has 0 fully saturated rings. The van der Waals surface area contributed by atoms with Crippen molar-refractivity contribution in [2.45, 2.75) is 33.4 Å². The summed E-state index contributed by atoms with van der Waals surface area (Å²) in [5.41, 5.74) is 0.612. The van der Waals surface area contributed by atoms with Gasteiger partial charge in [0.05, 0.1) is 0 Å². The first-order chi connectivity index (χ1) is 3.06. The van der Waals surface area contributed by atoms with E-state index in [2.05, 4.69) is 27.3 Å². The van der Waals surface area contributed by atoms with Crippen LogP contribution in [-0.4, -0.2) is 9.52 Å². The van der Waals surface area contributed by atoms with Gasteiger partial charge in [-0.1, -0.05) is 33.4 Å². The lowest BCUT2D eigenvalue weighted by molar-refractivity contribution is 0.467. The smallest absolute Gasteiger partial charge is 0.0172 e. The van der Waals surface area contributed by atoms with Crippen molar-refractivity contribution in [3.8, 4) is 0 Å². The lowest BCUT2D eigenvalue weighted by Gasteiger charge is -2.15. The zero-order valence-electron chi connectivity index (χ0n) is 5.91. The fourth-order valence-corrected chi connectivity index (χ4v) is 2.25. The number of hydrogen-bond acceptors (Lipinski definition) is 0. The predicted octanol–water partition coefficient (Wildman–Crippen LogP) is 1.67. The fraction of sp³-hybridized carbons (Fsp3) is 1.00. The highest BCUT2D eigenvalue weighted by Crippen LogP contribution is 2.17. The van der Waals surface area contributed by atoms with Crippen molar-refractivity contribution < 1.29 is 0 Å². The summed E-state index contributed by atoms with van der Waals surface area (Å²) < 4.78 is 0. The molecule has 0 heterocycles. The first-order valence-corrected chi connectivity index (χ1v) is 5.47. The van der Waals surface area contributed by atoms with Gasteiger partial charge in [0.2, 0.25) is 0 Å². The summed E-state index contributed by atoms with van der Waals surface area (Å²) in [6.07, 6.45) is 0. The predicted molar refractivity (Wildman–Crippen MR) is 38.7 cm³/mol. The molecule has 0 atom stereocenters. The zero-order valence-corrected chi connectivity index (χ0v) is 7.33. The molecule has 0 aliphatic heterocycles. The minimum absolute atomic E-state index is 0.310. The molecule has 0 rings (SSSR count). The van der Waals surface area contributed by atoms with Gasteiger partial charge in [-0.2, -0.15) is 0 Å². The van der Waals surface area contributed by atoms with E-state index in [1.165, 1.54) is 6.04 Å². The standard InChI is InChI=1S/C6H16Si/c1-6(2,3)5-7-4/h5,7H2,1-4H3. The molecule has 0 aliphatic rings. The maximum absolute atomic E-state index is 2.37. The summed E-state index contributed by atoms with van der Waals surface area (Å²) >= 11 is 0. The van der Waals surface area contributed by atoms with Crippen molar-refractivity contribution in [3.05, 3.63) is 0 Å². The number of hydrogen-bond donors (Lipinski definition) is 0. The second-order valence-electron chi connectivity index (χ2n) is 3.31. The molecule has 0 aromatic heterocycles. The Kier molecular flexibility index (Phi) is 2.58. The Morgan fingerprint density at radius 3 is 1.71 bits per heavy atom. The van der Waals surface area contributed by atoms with Crippen LogP contribution in [0.4, 0.5) is 0 Å². The molecule has 0 amide bonds. The summed E-state index contributed by atoms with van der Waals surface area (Å²) in [4.78, 5) is 0. The van der Waals surface area contributed by atoms with E-state index in [1.54, 1.807) is 0 Å². The molecule has 0 spiro atoms. The van der Waals surface area contributed by atoms with Crippen LogP contribution in [0.15, 0.2) is 0 Å². The molecule has 0 aromatic carbocycles. The van der Waals surface area contributed by atoms with Crippen LogP contribution < -0.4 is 0 Å². The van der Waals surface area contributed by atoms with Gasteiger partial charge in [-0.15, -0.1) is 0 Å². The molecule has 0 saturated carbocycles. The lowest BCUT2D eigenvalue weighted by Crippen LogP contribution is -2.05. The highest BCUT2D eigenvalue weighted by atomic mass is 28.2. The molecule has 0 unspecified atom stereocenters.